The van der Waals surface area contributed by atoms with Crippen LogP contribution in [0.15, 0.2) is 120 Å². The van der Waals surface area contributed by atoms with Crippen molar-refractivity contribution in [2.24, 2.45) is 0 Å². The SMILES string of the molecule is [C-]#[N+]c1cccc(C#N)c1-c1ccc2c(c1)c1c(-c3c(C#N)cccc3[N+]#[C-])cccc1n2-c1ccc2oc3ccccc3c2c1. The number of rotatable bonds is 3. The maximum Gasteiger partial charge on any atom is 0.196 e. The molecule has 6 aromatic carbocycles. The van der Waals surface area contributed by atoms with Crippen LogP contribution in [0.2, 0.25) is 0 Å². The molecule has 0 aliphatic heterocycles. The van der Waals surface area contributed by atoms with Crippen LogP contribution in [0.3, 0.4) is 0 Å². The standard InChI is InChI=1S/C40H19N5O/c1-43-32-12-5-8-25(22-41)38(32)24-16-18-34-31(20-24)40-29(39-26(23-42)9-6-13-33(39)44-2)11-7-14-35(40)45(34)27-17-19-37-30(21-27)28-10-3-4-15-36(28)46-37/h3-21H. The number of benzene rings is 6. The van der Waals surface area contributed by atoms with E-state index in [9.17, 15) is 10.5 Å². The Morgan fingerprint density at radius 2 is 1.28 bits per heavy atom. The van der Waals surface area contributed by atoms with E-state index >= 15 is 0 Å². The highest BCUT2D eigenvalue weighted by Gasteiger charge is 2.22. The first-order valence-electron chi connectivity index (χ1n) is 14.5. The van der Waals surface area contributed by atoms with Crippen molar-refractivity contribution >= 4 is 55.1 Å². The molecule has 0 N–H and O–H groups in total. The first-order valence-corrected chi connectivity index (χ1v) is 14.5. The van der Waals surface area contributed by atoms with Gasteiger partial charge >= 0.3 is 0 Å². The van der Waals surface area contributed by atoms with E-state index in [4.69, 9.17) is 17.6 Å². The fraction of sp³-hybridized carbons (Fsp3) is 0. The van der Waals surface area contributed by atoms with E-state index in [-0.39, 0.29) is 0 Å². The molecular formula is C40H19N5O. The number of aromatic nitrogens is 1. The van der Waals surface area contributed by atoms with Gasteiger partial charge in [0.25, 0.3) is 0 Å². The summed E-state index contributed by atoms with van der Waals surface area (Å²) in [7, 11) is 0. The number of nitriles is 2. The van der Waals surface area contributed by atoms with E-state index in [0.717, 1.165) is 60.6 Å². The molecule has 8 aromatic rings. The van der Waals surface area contributed by atoms with Crippen molar-refractivity contribution in [2.75, 3.05) is 0 Å². The Hall–Kier alpha value is -7.12. The van der Waals surface area contributed by atoms with Gasteiger partial charge in [0.15, 0.2) is 11.4 Å². The average molecular weight is 586 g/mol. The lowest BCUT2D eigenvalue weighted by Crippen LogP contribution is -1.94. The average Bonchev–Trinajstić information content (AvgIpc) is 3.65. The molecule has 6 nitrogen and oxygen atoms in total. The predicted molar refractivity (Wildman–Crippen MR) is 181 cm³/mol. The van der Waals surface area contributed by atoms with Crippen LogP contribution >= 0.6 is 0 Å². The summed E-state index contributed by atoms with van der Waals surface area (Å²) < 4.78 is 8.30. The molecule has 0 spiro atoms. The van der Waals surface area contributed by atoms with Gasteiger partial charge in [-0.3, -0.25) is 0 Å². The van der Waals surface area contributed by atoms with Crippen LogP contribution in [0.4, 0.5) is 11.4 Å². The smallest absolute Gasteiger partial charge is 0.196 e. The molecule has 0 aliphatic carbocycles. The van der Waals surface area contributed by atoms with Gasteiger partial charge in [0.05, 0.1) is 36.3 Å². The first-order chi connectivity index (χ1) is 22.6. The van der Waals surface area contributed by atoms with E-state index in [1.54, 1.807) is 36.4 Å². The number of furan rings is 1. The molecule has 0 saturated heterocycles. The summed E-state index contributed by atoms with van der Waals surface area (Å²) in [5.41, 5.74) is 8.57. The molecule has 2 heterocycles. The normalized spacial score (nSPS) is 11.0. The molecule has 0 fully saturated rings. The predicted octanol–water partition coefficient (Wildman–Crippen LogP) is 10.9. The van der Waals surface area contributed by atoms with Gasteiger partial charge in [-0.1, -0.05) is 60.7 Å². The monoisotopic (exact) mass is 585 g/mol. The lowest BCUT2D eigenvalue weighted by Gasteiger charge is -2.11. The molecule has 8 rings (SSSR count). The number of fused-ring (bicyclic) bond motifs is 6. The Morgan fingerprint density at radius 1 is 0.587 bits per heavy atom. The third kappa shape index (κ3) is 3.79. The van der Waals surface area contributed by atoms with E-state index in [1.165, 1.54) is 0 Å². The lowest BCUT2D eigenvalue weighted by atomic mass is 9.92. The molecule has 0 saturated carbocycles. The fourth-order valence-electron chi connectivity index (χ4n) is 6.61. The summed E-state index contributed by atoms with van der Waals surface area (Å²) in [4.78, 5) is 7.51. The molecular weight excluding hydrogens is 566 g/mol. The second-order valence-corrected chi connectivity index (χ2v) is 10.9. The zero-order valence-corrected chi connectivity index (χ0v) is 24.1. The fourth-order valence-corrected chi connectivity index (χ4v) is 6.61. The third-order valence-corrected chi connectivity index (χ3v) is 8.53. The first kappa shape index (κ1) is 26.5. The third-order valence-electron chi connectivity index (χ3n) is 8.53. The Labute approximate surface area is 263 Å². The van der Waals surface area contributed by atoms with Gasteiger partial charge in [-0.05, 0) is 65.7 Å². The van der Waals surface area contributed by atoms with Gasteiger partial charge < -0.3 is 8.98 Å². The molecule has 2 aromatic heterocycles. The van der Waals surface area contributed by atoms with Crippen molar-refractivity contribution in [3.8, 4) is 40.1 Å². The Bertz CT molecular complexity index is 2690. The van der Waals surface area contributed by atoms with Crippen molar-refractivity contribution in [3.63, 3.8) is 0 Å². The maximum absolute atomic E-state index is 10.1. The largest absolute Gasteiger partial charge is 0.456 e. The van der Waals surface area contributed by atoms with Crippen molar-refractivity contribution in [1.82, 2.24) is 4.57 Å². The lowest BCUT2D eigenvalue weighted by molar-refractivity contribution is 0.669. The zero-order valence-electron chi connectivity index (χ0n) is 24.1. The van der Waals surface area contributed by atoms with Crippen LogP contribution in [-0.2, 0) is 0 Å². The Morgan fingerprint density at radius 3 is 2.04 bits per heavy atom. The highest BCUT2D eigenvalue weighted by Crippen LogP contribution is 2.45. The number of para-hydroxylation sites is 1. The van der Waals surface area contributed by atoms with Crippen molar-refractivity contribution in [3.05, 3.63) is 149 Å². The highest BCUT2D eigenvalue weighted by atomic mass is 16.3. The number of hydrogen-bond acceptors (Lipinski definition) is 3. The van der Waals surface area contributed by atoms with Gasteiger partial charge in [-0.2, -0.15) is 10.5 Å². The quantitative estimate of drug-likeness (QED) is 0.194. The molecule has 0 atom stereocenters. The minimum absolute atomic E-state index is 0.389. The molecule has 0 bridgehead atoms. The van der Waals surface area contributed by atoms with Gasteiger partial charge in [-0.15, -0.1) is 0 Å². The Balaban J connectivity index is 1.52. The molecule has 0 aliphatic rings. The van der Waals surface area contributed by atoms with Crippen LogP contribution in [-0.4, -0.2) is 4.57 Å². The molecule has 46 heavy (non-hydrogen) atoms. The molecule has 0 radical (unpaired) electrons. The van der Waals surface area contributed by atoms with Gasteiger partial charge in [0, 0.05) is 49.5 Å². The molecule has 0 amide bonds. The van der Waals surface area contributed by atoms with Crippen molar-refractivity contribution in [2.45, 2.75) is 0 Å². The van der Waals surface area contributed by atoms with Gasteiger partial charge in [0.1, 0.15) is 11.2 Å². The summed E-state index contributed by atoms with van der Waals surface area (Å²) in [6.07, 6.45) is 0. The van der Waals surface area contributed by atoms with Crippen molar-refractivity contribution in [1.29, 1.82) is 10.5 Å². The molecule has 6 heteroatoms. The van der Waals surface area contributed by atoms with E-state index in [2.05, 4.69) is 32.5 Å². The molecule has 0 unspecified atom stereocenters. The number of hydrogen-bond donors (Lipinski definition) is 0. The summed E-state index contributed by atoms with van der Waals surface area (Å²) in [6, 6.07) is 40.9. The zero-order chi connectivity index (χ0) is 31.4. The Kier molecular flexibility index (Phi) is 5.91. The van der Waals surface area contributed by atoms with Crippen LogP contribution < -0.4 is 0 Å². The van der Waals surface area contributed by atoms with Crippen LogP contribution in [0.25, 0.3) is 81.4 Å². The van der Waals surface area contributed by atoms with Crippen LogP contribution in [0.1, 0.15) is 11.1 Å². The van der Waals surface area contributed by atoms with Crippen molar-refractivity contribution < 1.29 is 4.42 Å². The van der Waals surface area contributed by atoms with Gasteiger partial charge in [0.2, 0.25) is 0 Å². The second-order valence-electron chi connectivity index (χ2n) is 10.9. The minimum Gasteiger partial charge on any atom is -0.456 e. The van der Waals surface area contributed by atoms with Crippen LogP contribution in [0.5, 0.6) is 0 Å². The minimum atomic E-state index is 0.389. The van der Waals surface area contributed by atoms with Crippen LogP contribution in [0, 0.1) is 35.8 Å². The van der Waals surface area contributed by atoms with Gasteiger partial charge in [-0.25, -0.2) is 9.69 Å². The van der Waals surface area contributed by atoms with E-state index in [0.29, 0.717) is 33.6 Å². The summed E-state index contributed by atoms with van der Waals surface area (Å²) in [6.45, 7) is 15.7. The topological polar surface area (TPSA) is 74.4 Å². The second kappa shape index (κ2) is 10.3. The maximum atomic E-state index is 10.1. The highest BCUT2D eigenvalue weighted by molar-refractivity contribution is 6.18. The van der Waals surface area contributed by atoms with E-state index in [1.807, 2.05) is 72.8 Å². The van der Waals surface area contributed by atoms with E-state index < -0.39 is 0 Å². The summed E-state index contributed by atoms with van der Waals surface area (Å²) in [5, 5.41) is 23.8. The molecule has 210 valence electrons. The summed E-state index contributed by atoms with van der Waals surface area (Å²) in [5.74, 6) is 0. The number of nitrogens with zero attached hydrogens (tertiary/aromatic N) is 5. The summed E-state index contributed by atoms with van der Waals surface area (Å²) >= 11 is 0.